The van der Waals surface area contributed by atoms with Crippen LogP contribution in [0.2, 0.25) is 0 Å². The summed E-state index contributed by atoms with van der Waals surface area (Å²) < 4.78 is 4.09. The van der Waals surface area contributed by atoms with Crippen LogP contribution in [0, 0.1) is 13.8 Å². The lowest BCUT2D eigenvalue weighted by Crippen LogP contribution is -2.13. The van der Waals surface area contributed by atoms with E-state index in [1.54, 1.807) is 23.5 Å². The van der Waals surface area contributed by atoms with E-state index < -0.39 is 0 Å². The number of hydrogen-bond donors (Lipinski definition) is 0. The van der Waals surface area contributed by atoms with Gasteiger partial charge in [-0.2, -0.15) is 4.99 Å². The number of amides is 1. The molecule has 0 saturated carbocycles. The van der Waals surface area contributed by atoms with E-state index in [1.165, 1.54) is 11.1 Å². The molecule has 1 amide bonds. The molecule has 2 aromatic carbocycles. The molecule has 1 heterocycles. The first-order valence-electron chi connectivity index (χ1n) is 6.87. The second kappa shape index (κ2) is 5.82. The minimum atomic E-state index is -0.218. The van der Waals surface area contributed by atoms with Gasteiger partial charge in [0.2, 0.25) is 0 Å². The molecule has 3 aromatic rings. The summed E-state index contributed by atoms with van der Waals surface area (Å²) in [4.78, 5) is 17.3. The van der Waals surface area contributed by atoms with Crippen molar-refractivity contribution in [3.8, 4) is 0 Å². The number of carbonyl (C=O) groups excluding carboxylic acids is 1. The summed E-state index contributed by atoms with van der Waals surface area (Å²) in [6.07, 6.45) is 0. The van der Waals surface area contributed by atoms with E-state index in [-0.39, 0.29) is 5.91 Å². The number of benzene rings is 2. The smallest absolute Gasteiger partial charge is 0.279 e. The van der Waals surface area contributed by atoms with E-state index in [0.29, 0.717) is 5.56 Å². The molecule has 0 aliphatic carbocycles. The summed E-state index contributed by atoms with van der Waals surface area (Å²) in [5.41, 5.74) is 4.15. The number of fused-ring (bicyclic) bond motifs is 1. The molecule has 0 saturated heterocycles. The topological polar surface area (TPSA) is 34.4 Å². The second-order valence-corrected chi connectivity index (χ2v) is 7.22. The third kappa shape index (κ3) is 2.78. The highest BCUT2D eigenvalue weighted by atomic mass is 79.9. The molecule has 0 N–H and O–H groups in total. The molecular formula is C17H15BrN2OS. The van der Waals surface area contributed by atoms with Crippen molar-refractivity contribution in [3.63, 3.8) is 0 Å². The summed E-state index contributed by atoms with van der Waals surface area (Å²) in [7, 11) is 1.95. The number of rotatable bonds is 1. The number of carbonyl (C=O) groups is 1. The highest BCUT2D eigenvalue weighted by molar-refractivity contribution is 9.10. The highest BCUT2D eigenvalue weighted by Gasteiger charge is 2.09. The monoisotopic (exact) mass is 374 g/mol. The molecule has 0 unspecified atom stereocenters. The number of halogens is 1. The van der Waals surface area contributed by atoms with Gasteiger partial charge in [0.15, 0.2) is 4.80 Å². The van der Waals surface area contributed by atoms with Crippen molar-refractivity contribution in [1.29, 1.82) is 0 Å². The summed E-state index contributed by atoms with van der Waals surface area (Å²) in [6.45, 7) is 4.17. The Morgan fingerprint density at radius 2 is 1.86 bits per heavy atom. The third-order valence-electron chi connectivity index (χ3n) is 3.52. The molecule has 5 heteroatoms. The van der Waals surface area contributed by atoms with Crippen molar-refractivity contribution in [3.05, 3.63) is 62.4 Å². The van der Waals surface area contributed by atoms with E-state index in [4.69, 9.17) is 0 Å². The number of nitrogens with zero attached hydrogens (tertiary/aromatic N) is 2. The third-order valence-corrected chi connectivity index (χ3v) is 5.13. The van der Waals surface area contributed by atoms with Gasteiger partial charge in [0.05, 0.1) is 10.2 Å². The summed E-state index contributed by atoms with van der Waals surface area (Å²) in [6, 6.07) is 11.5. The molecule has 1 aromatic heterocycles. The lowest BCUT2D eigenvalue weighted by Gasteiger charge is -2.01. The number of thiazole rings is 1. The Bertz CT molecular complexity index is 936. The Hall–Kier alpha value is -1.72. The van der Waals surface area contributed by atoms with Gasteiger partial charge < -0.3 is 4.57 Å². The van der Waals surface area contributed by atoms with Crippen LogP contribution in [-0.4, -0.2) is 10.5 Å². The molecule has 0 aliphatic heterocycles. The molecule has 0 radical (unpaired) electrons. The Kier molecular flexibility index (Phi) is 4.02. The first-order chi connectivity index (χ1) is 10.5. The maximum Gasteiger partial charge on any atom is 0.279 e. The zero-order valence-corrected chi connectivity index (χ0v) is 15.0. The first kappa shape index (κ1) is 15.2. The number of aryl methyl sites for hydroxylation is 3. The minimum Gasteiger partial charge on any atom is -0.319 e. The van der Waals surface area contributed by atoms with Gasteiger partial charge in [-0.25, -0.2) is 0 Å². The molecular weight excluding hydrogens is 360 g/mol. The van der Waals surface area contributed by atoms with Crippen LogP contribution in [0.5, 0.6) is 0 Å². The van der Waals surface area contributed by atoms with Crippen LogP contribution >= 0.6 is 27.3 Å². The van der Waals surface area contributed by atoms with Crippen molar-refractivity contribution >= 4 is 43.4 Å². The Morgan fingerprint density at radius 3 is 2.55 bits per heavy atom. The molecule has 3 nitrogen and oxygen atoms in total. The molecule has 0 spiro atoms. The van der Waals surface area contributed by atoms with Crippen LogP contribution in [-0.2, 0) is 7.05 Å². The van der Waals surface area contributed by atoms with Crippen molar-refractivity contribution in [1.82, 2.24) is 4.57 Å². The molecule has 0 aliphatic rings. The largest absolute Gasteiger partial charge is 0.319 e. The minimum absolute atomic E-state index is 0.218. The Labute approximate surface area is 141 Å². The van der Waals surface area contributed by atoms with Gasteiger partial charge in [0, 0.05) is 17.1 Å². The van der Waals surface area contributed by atoms with E-state index in [1.807, 2.05) is 23.7 Å². The molecule has 112 valence electrons. The molecule has 3 rings (SSSR count). The van der Waals surface area contributed by atoms with Gasteiger partial charge in [-0.05, 0) is 55.3 Å². The Balaban J connectivity index is 2.13. The van der Waals surface area contributed by atoms with Crippen LogP contribution in [0.1, 0.15) is 21.5 Å². The SMILES string of the molecule is Cc1cc(C)c2c(c1)sc(=NC(=O)c1ccc(Br)cc1)n2C. The fourth-order valence-corrected chi connectivity index (χ4v) is 3.99. The first-order valence-corrected chi connectivity index (χ1v) is 8.48. The van der Waals surface area contributed by atoms with Crippen LogP contribution in [0.4, 0.5) is 0 Å². The summed E-state index contributed by atoms with van der Waals surface area (Å²) in [5, 5.41) is 0. The predicted molar refractivity (Wildman–Crippen MR) is 94.3 cm³/mol. The summed E-state index contributed by atoms with van der Waals surface area (Å²) in [5.74, 6) is -0.218. The summed E-state index contributed by atoms with van der Waals surface area (Å²) >= 11 is 4.91. The van der Waals surface area contributed by atoms with Crippen LogP contribution in [0.15, 0.2) is 45.9 Å². The van der Waals surface area contributed by atoms with E-state index in [2.05, 4.69) is 46.9 Å². The molecule has 0 bridgehead atoms. The zero-order valence-electron chi connectivity index (χ0n) is 12.6. The van der Waals surface area contributed by atoms with E-state index >= 15 is 0 Å². The van der Waals surface area contributed by atoms with Crippen LogP contribution < -0.4 is 4.80 Å². The molecule has 0 atom stereocenters. The van der Waals surface area contributed by atoms with Gasteiger partial charge >= 0.3 is 0 Å². The fraction of sp³-hybridized carbons (Fsp3) is 0.176. The fourth-order valence-electron chi connectivity index (χ4n) is 2.53. The second-order valence-electron chi connectivity index (χ2n) is 5.30. The zero-order chi connectivity index (χ0) is 15.9. The van der Waals surface area contributed by atoms with Crippen molar-refractivity contribution in [2.24, 2.45) is 12.0 Å². The van der Waals surface area contributed by atoms with Gasteiger partial charge in [-0.1, -0.05) is 33.3 Å². The van der Waals surface area contributed by atoms with Gasteiger partial charge in [0.1, 0.15) is 0 Å². The normalized spacial score (nSPS) is 12.1. The predicted octanol–water partition coefficient (Wildman–Crippen LogP) is 4.36. The standard InChI is InChI=1S/C17H15BrN2OS/c1-10-8-11(2)15-14(9-10)22-17(20(15)3)19-16(21)12-4-6-13(18)7-5-12/h4-9H,1-3H3. The lowest BCUT2D eigenvalue weighted by atomic mass is 10.1. The average Bonchev–Trinajstić information content (AvgIpc) is 2.75. The molecule has 0 fully saturated rings. The van der Waals surface area contributed by atoms with Gasteiger partial charge in [-0.15, -0.1) is 0 Å². The van der Waals surface area contributed by atoms with E-state index in [0.717, 1.165) is 19.5 Å². The average molecular weight is 375 g/mol. The number of aromatic nitrogens is 1. The van der Waals surface area contributed by atoms with Crippen molar-refractivity contribution in [2.45, 2.75) is 13.8 Å². The van der Waals surface area contributed by atoms with Crippen molar-refractivity contribution in [2.75, 3.05) is 0 Å². The van der Waals surface area contributed by atoms with Crippen LogP contribution in [0.3, 0.4) is 0 Å². The van der Waals surface area contributed by atoms with Gasteiger partial charge in [0.25, 0.3) is 5.91 Å². The van der Waals surface area contributed by atoms with Crippen LogP contribution in [0.25, 0.3) is 10.2 Å². The maximum absolute atomic E-state index is 12.3. The van der Waals surface area contributed by atoms with E-state index in [9.17, 15) is 4.79 Å². The van der Waals surface area contributed by atoms with Gasteiger partial charge in [-0.3, -0.25) is 4.79 Å². The highest BCUT2D eigenvalue weighted by Crippen LogP contribution is 2.22. The maximum atomic E-state index is 12.3. The Morgan fingerprint density at radius 1 is 1.18 bits per heavy atom. The lowest BCUT2D eigenvalue weighted by molar-refractivity contribution is 0.0998. The van der Waals surface area contributed by atoms with Crippen molar-refractivity contribution < 1.29 is 4.79 Å². The number of hydrogen-bond acceptors (Lipinski definition) is 2. The molecule has 22 heavy (non-hydrogen) atoms. The quantitative estimate of drug-likeness (QED) is 0.622.